The number of rotatable bonds is 5. The first-order valence-corrected chi connectivity index (χ1v) is 6.26. The third-order valence-electron chi connectivity index (χ3n) is 2.33. The van der Waals surface area contributed by atoms with E-state index in [1.165, 1.54) is 4.90 Å². The highest BCUT2D eigenvalue weighted by atomic mass is 32.2. The van der Waals surface area contributed by atoms with E-state index in [2.05, 4.69) is 33.8 Å². The van der Waals surface area contributed by atoms with Gasteiger partial charge in [0.25, 0.3) is 0 Å². The van der Waals surface area contributed by atoms with Gasteiger partial charge in [-0.05, 0) is 12.1 Å². The number of aryl methyl sites for hydroxylation is 1. The third kappa shape index (κ3) is 2.87. The lowest BCUT2D eigenvalue weighted by Gasteiger charge is -2.05. The first kappa shape index (κ1) is 11.2. The highest BCUT2D eigenvalue weighted by Gasteiger charge is 2.00. The molecule has 0 fully saturated rings. The number of benzene rings is 1. The fourth-order valence-corrected chi connectivity index (χ4v) is 2.39. The van der Waals surface area contributed by atoms with Gasteiger partial charge in [0, 0.05) is 29.6 Å². The molecule has 2 aromatic rings. The van der Waals surface area contributed by atoms with Crippen LogP contribution < -0.4 is 5.73 Å². The molecule has 84 valence electrons. The lowest BCUT2D eigenvalue weighted by Crippen LogP contribution is -2.09. The van der Waals surface area contributed by atoms with Crippen LogP contribution in [0, 0.1) is 0 Å². The average molecular weight is 233 g/mol. The van der Waals surface area contributed by atoms with Crippen LogP contribution in [0.15, 0.2) is 47.6 Å². The van der Waals surface area contributed by atoms with E-state index in [0.29, 0.717) is 6.54 Å². The van der Waals surface area contributed by atoms with Crippen molar-refractivity contribution in [2.45, 2.75) is 18.0 Å². The van der Waals surface area contributed by atoms with Crippen LogP contribution in [0.4, 0.5) is 0 Å². The molecule has 1 aromatic carbocycles. The zero-order valence-corrected chi connectivity index (χ0v) is 9.86. The largest absolute Gasteiger partial charge is 0.333 e. The Morgan fingerprint density at radius 3 is 2.81 bits per heavy atom. The smallest absolute Gasteiger partial charge is 0.122 e. The van der Waals surface area contributed by atoms with E-state index in [1.54, 1.807) is 6.20 Å². The standard InChI is InChI=1S/C12H15N3S/c13-10-12-14-6-7-15(12)8-9-16-11-4-2-1-3-5-11/h1-7H,8-10,13H2. The third-order valence-corrected chi connectivity index (χ3v) is 3.32. The summed E-state index contributed by atoms with van der Waals surface area (Å²) in [5.74, 6) is 1.99. The van der Waals surface area contributed by atoms with Crippen molar-refractivity contribution in [2.24, 2.45) is 5.73 Å². The number of hydrogen-bond donors (Lipinski definition) is 1. The van der Waals surface area contributed by atoms with Crippen molar-refractivity contribution in [3.63, 3.8) is 0 Å². The van der Waals surface area contributed by atoms with Crippen molar-refractivity contribution < 1.29 is 0 Å². The van der Waals surface area contributed by atoms with Gasteiger partial charge >= 0.3 is 0 Å². The van der Waals surface area contributed by atoms with Crippen LogP contribution in [-0.2, 0) is 13.1 Å². The fraction of sp³-hybridized carbons (Fsp3) is 0.250. The van der Waals surface area contributed by atoms with Crippen LogP contribution >= 0.6 is 11.8 Å². The maximum Gasteiger partial charge on any atom is 0.122 e. The fourth-order valence-electron chi connectivity index (χ4n) is 1.51. The van der Waals surface area contributed by atoms with Gasteiger partial charge in [-0.1, -0.05) is 18.2 Å². The van der Waals surface area contributed by atoms with Crippen LogP contribution in [0.25, 0.3) is 0 Å². The summed E-state index contributed by atoms with van der Waals surface area (Å²) in [6.45, 7) is 1.45. The van der Waals surface area contributed by atoms with Gasteiger partial charge in [-0.25, -0.2) is 4.98 Å². The summed E-state index contributed by atoms with van der Waals surface area (Å²) in [7, 11) is 0. The van der Waals surface area contributed by atoms with E-state index >= 15 is 0 Å². The van der Waals surface area contributed by atoms with E-state index in [4.69, 9.17) is 5.73 Å². The summed E-state index contributed by atoms with van der Waals surface area (Å²) in [6.07, 6.45) is 3.78. The van der Waals surface area contributed by atoms with Gasteiger partial charge in [0.1, 0.15) is 5.82 Å². The SMILES string of the molecule is NCc1nccn1CCSc1ccccc1. The summed E-state index contributed by atoms with van der Waals surface area (Å²) in [4.78, 5) is 5.49. The predicted octanol–water partition coefficient (Wildman–Crippen LogP) is 2.13. The van der Waals surface area contributed by atoms with Crippen molar-refractivity contribution >= 4 is 11.8 Å². The van der Waals surface area contributed by atoms with Crippen LogP contribution in [0.3, 0.4) is 0 Å². The zero-order valence-electron chi connectivity index (χ0n) is 9.04. The highest BCUT2D eigenvalue weighted by molar-refractivity contribution is 7.99. The van der Waals surface area contributed by atoms with E-state index < -0.39 is 0 Å². The average Bonchev–Trinajstić information content (AvgIpc) is 2.78. The number of nitrogens with two attached hydrogens (primary N) is 1. The molecule has 0 spiro atoms. The Hall–Kier alpha value is -1.26. The Morgan fingerprint density at radius 1 is 1.25 bits per heavy atom. The maximum atomic E-state index is 5.59. The molecular formula is C12H15N3S. The second-order valence-electron chi connectivity index (χ2n) is 3.40. The summed E-state index contributed by atoms with van der Waals surface area (Å²) in [5.41, 5.74) is 5.59. The quantitative estimate of drug-likeness (QED) is 0.805. The van der Waals surface area contributed by atoms with Crippen LogP contribution in [0.2, 0.25) is 0 Å². The van der Waals surface area contributed by atoms with Gasteiger partial charge in [-0.2, -0.15) is 0 Å². The molecule has 0 bridgehead atoms. The number of thioether (sulfide) groups is 1. The first-order valence-electron chi connectivity index (χ1n) is 5.28. The Balaban J connectivity index is 1.85. The molecule has 0 amide bonds. The minimum absolute atomic E-state index is 0.503. The first-order chi connectivity index (χ1) is 7.90. The van der Waals surface area contributed by atoms with Gasteiger partial charge in [-0.3, -0.25) is 0 Å². The highest BCUT2D eigenvalue weighted by Crippen LogP contribution is 2.17. The van der Waals surface area contributed by atoms with Crippen molar-refractivity contribution in [1.29, 1.82) is 0 Å². The molecule has 0 atom stereocenters. The number of nitrogens with zero attached hydrogens (tertiary/aromatic N) is 2. The minimum atomic E-state index is 0.503. The molecule has 0 saturated carbocycles. The Kier molecular flexibility index (Phi) is 4.02. The lowest BCUT2D eigenvalue weighted by molar-refractivity contribution is 0.705. The topological polar surface area (TPSA) is 43.8 Å². The molecule has 0 radical (unpaired) electrons. The molecule has 0 saturated heterocycles. The Morgan fingerprint density at radius 2 is 2.06 bits per heavy atom. The molecule has 0 aliphatic heterocycles. The molecule has 2 N–H and O–H groups in total. The minimum Gasteiger partial charge on any atom is -0.333 e. The van der Waals surface area contributed by atoms with E-state index in [0.717, 1.165) is 18.1 Å². The van der Waals surface area contributed by atoms with Gasteiger partial charge < -0.3 is 10.3 Å². The molecular weight excluding hydrogens is 218 g/mol. The normalized spacial score (nSPS) is 10.6. The van der Waals surface area contributed by atoms with Crippen molar-refractivity contribution in [3.05, 3.63) is 48.5 Å². The van der Waals surface area contributed by atoms with Gasteiger partial charge in [0.05, 0.1) is 6.54 Å². The molecule has 1 heterocycles. The molecule has 4 heteroatoms. The lowest BCUT2D eigenvalue weighted by atomic mass is 10.4. The van der Waals surface area contributed by atoms with Crippen LogP contribution in [0.1, 0.15) is 5.82 Å². The molecule has 16 heavy (non-hydrogen) atoms. The second kappa shape index (κ2) is 5.72. The number of imidazole rings is 1. The zero-order chi connectivity index (χ0) is 11.2. The van der Waals surface area contributed by atoms with Crippen molar-refractivity contribution in [2.75, 3.05) is 5.75 Å². The Bertz CT molecular complexity index is 425. The number of hydrogen-bond acceptors (Lipinski definition) is 3. The monoisotopic (exact) mass is 233 g/mol. The van der Waals surface area contributed by atoms with E-state index in [-0.39, 0.29) is 0 Å². The summed E-state index contributed by atoms with van der Waals surface area (Å²) >= 11 is 1.85. The summed E-state index contributed by atoms with van der Waals surface area (Å²) < 4.78 is 2.11. The maximum absolute atomic E-state index is 5.59. The van der Waals surface area contributed by atoms with Crippen molar-refractivity contribution in [1.82, 2.24) is 9.55 Å². The van der Waals surface area contributed by atoms with E-state index in [9.17, 15) is 0 Å². The number of aromatic nitrogens is 2. The molecule has 3 nitrogen and oxygen atoms in total. The predicted molar refractivity (Wildman–Crippen MR) is 67.3 cm³/mol. The van der Waals surface area contributed by atoms with E-state index in [1.807, 2.05) is 24.0 Å². The van der Waals surface area contributed by atoms with Gasteiger partial charge in [0.15, 0.2) is 0 Å². The molecule has 2 rings (SSSR count). The van der Waals surface area contributed by atoms with Crippen LogP contribution in [-0.4, -0.2) is 15.3 Å². The Labute approximate surface area is 99.7 Å². The molecule has 0 aliphatic carbocycles. The molecule has 0 aliphatic rings. The summed E-state index contributed by atoms with van der Waals surface area (Å²) in [6, 6.07) is 10.4. The van der Waals surface area contributed by atoms with Crippen molar-refractivity contribution in [3.8, 4) is 0 Å². The van der Waals surface area contributed by atoms with Gasteiger partial charge in [-0.15, -0.1) is 11.8 Å². The molecule has 0 unspecified atom stereocenters. The molecule has 1 aromatic heterocycles. The van der Waals surface area contributed by atoms with Crippen LogP contribution in [0.5, 0.6) is 0 Å². The second-order valence-corrected chi connectivity index (χ2v) is 4.57. The van der Waals surface area contributed by atoms with Gasteiger partial charge in [0.2, 0.25) is 0 Å². The summed E-state index contributed by atoms with van der Waals surface area (Å²) in [5, 5.41) is 0.